The van der Waals surface area contributed by atoms with Crippen LogP contribution in [0.25, 0.3) is 11.5 Å². The lowest BCUT2D eigenvalue weighted by Gasteiger charge is -2.00. The molecule has 1 aromatic carbocycles. The maximum Gasteiger partial charge on any atom is 0.247 e. The second-order valence-corrected chi connectivity index (χ2v) is 5.00. The smallest absolute Gasteiger partial charge is 0.247 e. The highest BCUT2D eigenvalue weighted by Gasteiger charge is 2.09. The molecular formula is C13H16BrN3O. The summed E-state index contributed by atoms with van der Waals surface area (Å²) in [5.41, 5.74) is 2.10. The lowest BCUT2D eigenvalue weighted by atomic mass is 10.1. The fraction of sp³-hybridized carbons (Fsp3) is 0.385. The van der Waals surface area contributed by atoms with E-state index in [0.29, 0.717) is 18.3 Å². The van der Waals surface area contributed by atoms with Gasteiger partial charge in [0, 0.05) is 10.0 Å². The van der Waals surface area contributed by atoms with Crippen LogP contribution in [0.4, 0.5) is 0 Å². The van der Waals surface area contributed by atoms with Gasteiger partial charge in [0.25, 0.3) is 0 Å². The number of hydrogen-bond donors (Lipinski definition) is 1. The Labute approximate surface area is 115 Å². The van der Waals surface area contributed by atoms with Gasteiger partial charge in [0.2, 0.25) is 11.8 Å². The van der Waals surface area contributed by atoms with Crippen LogP contribution in [-0.4, -0.2) is 16.7 Å². The van der Waals surface area contributed by atoms with E-state index in [-0.39, 0.29) is 0 Å². The molecule has 2 rings (SSSR count). The number of aryl methyl sites for hydroxylation is 1. The number of rotatable bonds is 5. The Morgan fingerprint density at radius 1 is 1.33 bits per heavy atom. The van der Waals surface area contributed by atoms with Crippen molar-refractivity contribution in [3.8, 4) is 11.5 Å². The molecule has 18 heavy (non-hydrogen) atoms. The fourth-order valence-corrected chi connectivity index (χ4v) is 1.84. The van der Waals surface area contributed by atoms with Gasteiger partial charge < -0.3 is 9.73 Å². The number of nitrogens with zero attached hydrogens (tertiary/aromatic N) is 2. The van der Waals surface area contributed by atoms with Crippen molar-refractivity contribution >= 4 is 15.9 Å². The molecule has 0 aliphatic rings. The second-order valence-electron chi connectivity index (χ2n) is 4.14. The van der Waals surface area contributed by atoms with Gasteiger partial charge in [-0.2, -0.15) is 0 Å². The first-order chi connectivity index (χ1) is 8.70. The Hall–Kier alpha value is -1.20. The van der Waals surface area contributed by atoms with E-state index in [1.165, 1.54) is 0 Å². The average molecular weight is 310 g/mol. The summed E-state index contributed by atoms with van der Waals surface area (Å²) < 4.78 is 6.69. The summed E-state index contributed by atoms with van der Waals surface area (Å²) >= 11 is 3.47. The molecule has 0 spiro atoms. The molecule has 0 bridgehead atoms. The van der Waals surface area contributed by atoms with E-state index < -0.39 is 0 Å². The Kier molecular flexibility index (Phi) is 4.49. The van der Waals surface area contributed by atoms with E-state index >= 15 is 0 Å². The summed E-state index contributed by atoms with van der Waals surface area (Å²) in [6.45, 7) is 5.73. The molecule has 0 saturated heterocycles. The number of halogens is 1. The molecule has 0 fully saturated rings. The molecule has 0 radical (unpaired) electrons. The molecule has 1 N–H and O–H groups in total. The van der Waals surface area contributed by atoms with Crippen LogP contribution in [0.5, 0.6) is 0 Å². The van der Waals surface area contributed by atoms with Crippen LogP contribution in [-0.2, 0) is 6.54 Å². The zero-order valence-electron chi connectivity index (χ0n) is 10.5. The highest BCUT2D eigenvalue weighted by Crippen LogP contribution is 2.23. The van der Waals surface area contributed by atoms with Gasteiger partial charge in [-0.1, -0.05) is 22.9 Å². The minimum absolute atomic E-state index is 0.568. The normalized spacial score (nSPS) is 10.8. The Balaban J connectivity index is 2.11. The van der Waals surface area contributed by atoms with Crippen molar-refractivity contribution in [2.45, 2.75) is 26.8 Å². The number of nitrogens with one attached hydrogen (secondary N) is 1. The van der Waals surface area contributed by atoms with Crippen molar-refractivity contribution in [3.05, 3.63) is 34.1 Å². The average Bonchev–Trinajstić information content (AvgIpc) is 2.82. The van der Waals surface area contributed by atoms with E-state index in [1.807, 2.05) is 25.1 Å². The summed E-state index contributed by atoms with van der Waals surface area (Å²) in [7, 11) is 0. The molecule has 0 aliphatic heterocycles. The second kappa shape index (κ2) is 6.11. The molecule has 2 aromatic rings. The topological polar surface area (TPSA) is 51.0 Å². The van der Waals surface area contributed by atoms with Gasteiger partial charge in [-0.3, -0.25) is 0 Å². The first-order valence-corrected chi connectivity index (χ1v) is 6.79. The van der Waals surface area contributed by atoms with E-state index in [4.69, 9.17) is 4.42 Å². The molecule has 1 aromatic heterocycles. The van der Waals surface area contributed by atoms with Crippen molar-refractivity contribution in [1.82, 2.24) is 15.5 Å². The molecule has 5 heteroatoms. The molecule has 0 saturated carbocycles. The molecule has 0 atom stereocenters. The van der Waals surface area contributed by atoms with Gasteiger partial charge in [-0.25, -0.2) is 0 Å². The lowest BCUT2D eigenvalue weighted by molar-refractivity contribution is 0.477. The van der Waals surface area contributed by atoms with Crippen LogP contribution in [0.15, 0.2) is 27.1 Å². The largest absolute Gasteiger partial charge is 0.419 e. The van der Waals surface area contributed by atoms with Crippen molar-refractivity contribution in [2.75, 3.05) is 6.54 Å². The number of aromatic nitrogens is 2. The molecule has 1 heterocycles. The summed E-state index contributed by atoms with van der Waals surface area (Å²) in [6.07, 6.45) is 1.09. The first-order valence-electron chi connectivity index (χ1n) is 6.00. The summed E-state index contributed by atoms with van der Waals surface area (Å²) in [6, 6.07) is 5.98. The van der Waals surface area contributed by atoms with Crippen LogP contribution in [0.3, 0.4) is 0 Å². The third kappa shape index (κ3) is 3.17. The van der Waals surface area contributed by atoms with Crippen molar-refractivity contribution < 1.29 is 4.42 Å². The lowest BCUT2D eigenvalue weighted by Crippen LogP contribution is -2.13. The third-order valence-corrected chi connectivity index (χ3v) is 3.46. The van der Waals surface area contributed by atoms with Crippen molar-refractivity contribution in [2.24, 2.45) is 0 Å². The first kappa shape index (κ1) is 13.2. The zero-order valence-corrected chi connectivity index (χ0v) is 12.1. The Morgan fingerprint density at radius 2 is 2.17 bits per heavy atom. The quantitative estimate of drug-likeness (QED) is 0.861. The van der Waals surface area contributed by atoms with Crippen LogP contribution < -0.4 is 5.32 Å². The molecule has 96 valence electrons. The fourth-order valence-electron chi connectivity index (χ4n) is 1.59. The molecule has 0 aliphatic carbocycles. The van der Waals surface area contributed by atoms with Gasteiger partial charge in [0.05, 0.1) is 6.54 Å². The van der Waals surface area contributed by atoms with E-state index in [9.17, 15) is 0 Å². The van der Waals surface area contributed by atoms with Crippen molar-refractivity contribution in [1.29, 1.82) is 0 Å². The maximum absolute atomic E-state index is 5.61. The Morgan fingerprint density at radius 3 is 2.89 bits per heavy atom. The molecular weight excluding hydrogens is 294 g/mol. The predicted molar refractivity (Wildman–Crippen MR) is 74.2 cm³/mol. The summed E-state index contributed by atoms with van der Waals surface area (Å²) in [5, 5.41) is 11.3. The van der Waals surface area contributed by atoms with Gasteiger partial charge in [0.1, 0.15) is 0 Å². The highest BCUT2D eigenvalue weighted by atomic mass is 79.9. The minimum atomic E-state index is 0.568. The van der Waals surface area contributed by atoms with Gasteiger partial charge in [-0.05, 0) is 43.7 Å². The summed E-state index contributed by atoms with van der Waals surface area (Å²) in [5.74, 6) is 1.19. The van der Waals surface area contributed by atoms with Gasteiger partial charge in [0.15, 0.2) is 0 Å². The SMILES string of the molecule is CCCNCc1nnc(-c2ccc(Br)c(C)c2)o1. The van der Waals surface area contributed by atoms with E-state index in [2.05, 4.69) is 38.4 Å². The van der Waals surface area contributed by atoms with Crippen LogP contribution in [0.1, 0.15) is 24.8 Å². The van der Waals surface area contributed by atoms with Crippen molar-refractivity contribution in [3.63, 3.8) is 0 Å². The van der Waals surface area contributed by atoms with Gasteiger partial charge in [-0.15, -0.1) is 10.2 Å². The molecule has 0 amide bonds. The van der Waals surface area contributed by atoms with E-state index in [1.54, 1.807) is 0 Å². The third-order valence-electron chi connectivity index (χ3n) is 2.57. The maximum atomic E-state index is 5.61. The highest BCUT2D eigenvalue weighted by molar-refractivity contribution is 9.10. The summed E-state index contributed by atoms with van der Waals surface area (Å²) in [4.78, 5) is 0. The van der Waals surface area contributed by atoms with Crippen LogP contribution in [0, 0.1) is 6.92 Å². The van der Waals surface area contributed by atoms with E-state index in [0.717, 1.165) is 28.6 Å². The predicted octanol–water partition coefficient (Wildman–Crippen LogP) is 3.31. The Bertz CT molecular complexity index is 525. The molecule has 4 nitrogen and oxygen atoms in total. The zero-order chi connectivity index (χ0) is 13.0. The number of benzene rings is 1. The molecule has 0 unspecified atom stereocenters. The standard InChI is InChI=1S/C13H16BrN3O/c1-3-6-15-8-12-16-17-13(18-12)10-4-5-11(14)9(2)7-10/h4-5,7,15H,3,6,8H2,1-2H3. The monoisotopic (exact) mass is 309 g/mol. The van der Waals surface area contributed by atoms with Crippen LogP contribution in [0.2, 0.25) is 0 Å². The number of hydrogen-bond acceptors (Lipinski definition) is 4. The van der Waals surface area contributed by atoms with Crippen LogP contribution >= 0.6 is 15.9 Å². The minimum Gasteiger partial charge on any atom is -0.419 e. The van der Waals surface area contributed by atoms with Gasteiger partial charge >= 0.3 is 0 Å².